The van der Waals surface area contributed by atoms with E-state index in [0.29, 0.717) is 16.6 Å². The van der Waals surface area contributed by atoms with E-state index in [0.717, 1.165) is 0 Å². The van der Waals surface area contributed by atoms with Crippen molar-refractivity contribution in [3.63, 3.8) is 0 Å². The molecule has 0 saturated heterocycles. The second-order valence-electron chi connectivity index (χ2n) is 3.44. The van der Waals surface area contributed by atoms with Gasteiger partial charge >= 0.3 is 5.97 Å². The molecular weight excluding hydrogens is 314 g/mol. The van der Waals surface area contributed by atoms with Crippen LogP contribution in [0.2, 0.25) is 0 Å². The average molecular weight is 326 g/mol. The maximum Gasteiger partial charge on any atom is 0.348 e. The van der Waals surface area contributed by atoms with E-state index >= 15 is 0 Å². The Balaban J connectivity index is 3.25. The molecule has 0 bridgehead atoms. The average Bonchev–Trinajstić information content (AvgIpc) is 2.40. The Morgan fingerprint density at radius 1 is 1.58 bits per heavy atom. The number of halogens is 1. The number of hydrogen-bond donors (Lipinski definition) is 1. The summed E-state index contributed by atoms with van der Waals surface area (Å²) in [7, 11) is 1.20. The van der Waals surface area contributed by atoms with Crippen molar-refractivity contribution < 1.29 is 19.4 Å². The molecule has 0 aromatic heterocycles. The number of hydrogen-bond acceptors (Lipinski definition) is 5. The molecule has 5 nitrogen and oxygen atoms in total. The van der Waals surface area contributed by atoms with Gasteiger partial charge in [0.15, 0.2) is 11.5 Å². The first-order valence-corrected chi connectivity index (χ1v) is 6.18. The molecule has 0 fully saturated rings. The first-order valence-electron chi connectivity index (χ1n) is 5.38. The fourth-order valence-electron chi connectivity index (χ4n) is 1.36. The predicted octanol–water partition coefficient (Wildman–Crippen LogP) is 2.63. The fraction of sp³-hybridized carbons (Fsp3) is 0.231. The molecule has 1 aromatic carbocycles. The summed E-state index contributed by atoms with van der Waals surface area (Å²) < 4.78 is 10.1. The van der Waals surface area contributed by atoms with Crippen LogP contribution in [0, 0.1) is 11.3 Å². The number of nitriles is 1. The van der Waals surface area contributed by atoms with E-state index in [4.69, 9.17) is 10.00 Å². The lowest BCUT2D eigenvalue weighted by Crippen LogP contribution is -2.02. The first kappa shape index (κ1) is 15.1. The lowest BCUT2D eigenvalue weighted by atomic mass is 10.1. The molecule has 1 rings (SSSR count). The summed E-state index contributed by atoms with van der Waals surface area (Å²) in [5, 5.41) is 18.6. The van der Waals surface area contributed by atoms with Gasteiger partial charge in [0.1, 0.15) is 11.6 Å². The van der Waals surface area contributed by atoms with E-state index < -0.39 is 5.97 Å². The fourth-order valence-corrected chi connectivity index (χ4v) is 1.82. The van der Waals surface area contributed by atoms with Crippen molar-refractivity contribution >= 4 is 28.0 Å². The molecule has 1 aromatic rings. The normalized spacial score (nSPS) is 10.7. The molecule has 0 aliphatic rings. The number of phenolic OH excluding ortho intramolecular Hbond substituents is 1. The van der Waals surface area contributed by atoms with Gasteiger partial charge in [0, 0.05) is 0 Å². The SMILES string of the molecule is CCOc1cc(/C=C(/C#N)C(=O)OC)cc(Br)c1O. The van der Waals surface area contributed by atoms with E-state index in [9.17, 15) is 9.90 Å². The minimum Gasteiger partial charge on any atom is -0.503 e. The highest BCUT2D eigenvalue weighted by Gasteiger charge is 2.12. The summed E-state index contributed by atoms with van der Waals surface area (Å²) >= 11 is 3.17. The summed E-state index contributed by atoms with van der Waals surface area (Å²) in [5.41, 5.74) is 0.401. The predicted molar refractivity (Wildman–Crippen MR) is 72.6 cm³/mol. The highest BCUT2D eigenvalue weighted by molar-refractivity contribution is 9.10. The van der Waals surface area contributed by atoms with Gasteiger partial charge in [-0.05, 0) is 46.6 Å². The van der Waals surface area contributed by atoms with Crippen molar-refractivity contribution in [2.45, 2.75) is 6.92 Å². The molecule has 0 aliphatic heterocycles. The van der Waals surface area contributed by atoms with Crippen LogP contribution in [0.15, 0.2) is 22.2 Å². The molecule has 0 heterocycles. The Bertz CT molecular complexity index is 560. The third-order valence-corrected chi connectivity index (χ3v) is 2.79. The van der Waals surface area contributed by atoms with Crippen molar-refractivity contribution in [2.75, 3.05) is 13.7 Å². The summed E-state index contributed by atoms with van der Waals surface area (Å²) in [4.78, 5) is 11.3. The van der Waals surface area contributed by atoms with Crippen LogP contribution in [-0.4, -0.2) is 24.8 Å². The second kappa shape index (κ2) is 6.81. The van der Waals surface area contributed by atoms with Gasteiger partial charge < -0.3 is 14.6 Å². The van der Waals surface area contributed by atoms with Gasteiger partial charge in [-0.3, -0.25) is 0 Å². The maximum atomic E-state index is 11.3. The molecule has 1 N–H and O–H groups in total. The van der Waals surface area contributed by atoms with Gasteiger partial charge in [0.25, 0.3) is 0 Å². The molecular formula is C13H12BrNO4. The zero-order valence-electron chi connectivity index (χ0n) is 10.4. The molecule has 6 heteroatoms. The summed E-state index contributed by atoms with van der Waals surface area (Å²) in [6.45, 7) is 2.17. The van der Waals surface area contributed by atoms with Crippen molar-refractivity contribution in [2.24, 2.45) is 0 Å². The largest absolute Gasteiger partial charge is 0.503 e. The third-order valence-electron chi connectivity index (χ3n) is 2.19. The number of phenols is 1. The van der Waals surface area contributed by atoms with Crippen LogP contribution in [0.1, 0.15) is 12.5 Å². The minimum atomic E-state index is -0.718. The smallest absolute Gasteiger partial charge is 0.348 e. The number of rotatable bonds is 4. The summed E-state index contributed by atoms with van der Waals surface area (Å²) in [5.74, 6) is -0.481. The van der Waals surface area contributed by atoms with Crippen LogP contribution in [-0.2, 0) is 9.53 Å². The number of carbonyl (C=O) groups excluding carboxylic acids is 1. The zero-order chi connectivity index (χ0) is 14.4. The van der Waals surface area contributed by atoms with E-state index in [1.807, 2.05) is 0 Å². The molecule has 0 spiro atoms. The Morgan fingerprint density at radius 2 is 2.26 bits per heavy atom. The highest BCUT2D eigenvalue weighted by atomic mass is 79.9. The monoisotopic (exact) mass is 325 g/mol. The number of benzene rings is 1. The van der Waals surface area contributed by atoms with Crippen molar-refractivity contribution in [3.05, 3.63) is 27.7 Å². The number of aromatic hydroxyl groups is 1. The van der Waals surface area contributed by atoms with Gasteiger partial charge in [-0.1, -0.05) is 0 Å². The number of carbonyl (C=O) groups is 1. The molecule has 0 saturated carbocycles. The van der Waals surface area contributed by atoms with Gasteiger partial charge in [-0.2, -0.15) is 5.26 Å². The number of ether oxygens (including phenoxy) is 2. The Labute approximate surface area is 119 Å². The van der Waals surface area contributed by atoms with Crippen molar-refractivity contribution in [3.8, 4) is 17.6 Å². The number of methoxy groups -OCH3 is 1. The number of nitrogens with zero attached hydrogens (tertiary/aromatic N) is 1. The van der Waals surface area contributed by atoms with E-state index in [-0.39, 0.29) is 17.1 Å². The van der Waals surface area contributed by atoms with Crippen molar-refractivity contribution in [1.29, 1.82) is 5.26 Å². The lowest BCUT2D eigenvalue weighted by molar-refractivity contribution is -0.135. The molecule has 0 unspecified atom stereocenters. The van der Waals surface area contributed by atoms with Crippen LogP contribution in [0.25, 0.3) is 6.08 Å². The van der Waals surface area contributed by atoms with E-state index in [1.165, 1.54) is 19.3 Å². The molecule has 0 aliphatic carbocycles. The molecule has 0 amide bonds. The van der Waals surface area contributed by atoms with Crippen LogP contribution in [0.4, 0.5) is 0 Å². The molecule has 19 heavy (non-hydrogen) atoms. The Hall–Kier alpha value is -2.00. The zero-order valence-corrected chi connectivity index (χ0v) is 12.0. The van der Waals surface area contributed by atoms with E-state index in [1.54, 1.807) is 19.1 Å². The summed E-state index contributed by atoms with van der Waals surface area (Å²) in [6.07, 6.45) is 1.36. The minimum absolute atomic E-state index is 0.0319. The first-order chi connectivity index (χ1) is 9.03. The Morgan fingerprint density at radius 3 is 2.79 bits per heavy atom. The summed E-state index contributed by atoms with van der Waals surface area (Å²) in [6, 6.07) is 4.85. The quantitative estimate of drug-likeness (QED) is 0.523. The molecule has 0 atom stereocenters. The molecule has 0 radical (unpaired) electrons. The van der Waals surface area contributed by atoms with Gasteiger partial charge in [-0.15, -0.1) is 0 Å². The van der Waals surface area contributed by atoms with Gasteiger partial charge in [0.2, 0.25) is 0 Å². The van der Waals surface area contributed by atoms with E-state index in [2.05, 4.69) is 20.7 Å². The Kier molecular flexibility index (Phi) is 5.39. The topological polar surface area (TPSA) is 79.5 Å². The third kappa shape index (κ3) is 3.73. The highest BCUT2D eigenvalue weighted by Crippen LogP contribution is 2.36. The van der Waals surface area contributed by atoms with Crippen LogP contribution in [0.3, 0.4) is 0 Å². The van der Waals surface area contributed by atoms with Gasteiger partial charge in [0.05, 0.1) is 18.2 Å². The van der Waals surface area contributed by atoms with Crippen molar-refractivity contribution in [1.82, 2.24) is 0 Å². The standard InChI is InChI=1S/C13H12BrNO4/c1-3-19-11-6-8(5-10(14)12(11)16)4-9(7-15)13(17)18-2/h4-6,16H,3H2,1-2H3/b9-4-. The lowest BCUT2D eigenvalue weighted by Gasteiger charge is -2.08. The van der Waals surface area contributed by atoms with Crippen LogP contribution < -0.4 is 4.74 Å². The maximum absolute atomic E-state index is 11.3. The number of esters is 1. The van der Waals surface area contributed by atoms with Crippen LogP contribution in [0.5, 0.6) is 11.5 Å². The second-order valence-corrected chi connectivity index (χ2v) is 4.30. The van der Waals surface area contributed by atoms with Crippen LogP contribution >= 0.6 is 15.9 Å². The van der Waals surface area contributed by atoms with Gasteiger partial charge in [-0.25, -0.2) is 4.79 Å². The molecule has 100 valence electrons.